The quantitative estimate of drug-likeness (QED) is 0.500. The Morgan fingerprint density at radius 3 is 1.70 bits per heavy atom. The Kier molecular flexibility index (Phi) is 9.54. The van der Waals surface area contributed by atoms with Crippen LogP contribution in [0.1, 0.15) is 91.4 Å². The molecule has 0 aliphatic carbocycles. The lowest BCUT2D eigenvalue weighted by Crippen LogP contribution is -2.46. The molecule has 0 saturated carbocycles. The summed E-state index contributed by atoms with van der Waals surface area (Å²) in [5.74, 6) is 0. The van der Waals surface area contributed by atoms with E-state index in [1.54, 1.807) is 0 Å². The first-order valence-corrected chi connectivity index (χ1v) is 9.19. The average Bonchev–Trinajstić information content (AvgIpc) is 2.98. The molecule has 1 atom stereocenters. The van der Waals surface area contributed by atoms with Crippen molar-refractivity contribution < 1.29 is 0 Å². The van der Waals surface area contributed by atoms with Gasteiger partial charge >= 0.3 is 0 Å². The van der Waals surface area contributed by atoms with Crippen LogP contribution < -0.4 is 10.6 Å². The van der Waals surface area contributed by atoms with E-state index in [0.717, 1.165) is 13.1 Å². The fraction of sp³-hybridized carbons (Fsp3) is 1.00. The fourth-order valence-electron chi connectivity index (χ4n) is 3.50. The zero-order valence-electron chi connectivity index (χ0n) is 14.3. The van der Waals surface area contributed by atoms with Crippen LogP contribution in [0.4, 0.5) is 0 Å². The second kappa shape index (κ2) is 10.6. The molecule has 1 saturated heterocycles. The van der Waals surface area contributed by atoms with Crippen molar-refractivity contribution in [1.29, 1.82) is 0 Å². The lowest BCUT2D eigenvalue weighted by molar-refractivity contribution is 0.168. The van der Waals surface area contributed by atoms with Gasteiger partial charge in [0, 0.05) is 13.1 Å². The zero-order chi connectivity index (χ0) is 14.7. The monoisotopic (exact) mass is 282 g/mol. The van der Waals surface area contributed by atoms with E-state index in [4.69, 9.17) is 0 Å². The van der Waals surface area contributed by atoms with Crippen LogP contribution in [0.25, 0.3) is 0 Å². The lowest BCUT2D eigenvalue weighted by atomic mass is 9.77. The number of rotatable bonds is 12. The maximum atomic E-state index is 3.68. The molecule has 0 radical (unpaired) electrons. The molecule has 0 aromatic heterocycles. The Bertz CT molecular complexity index is 223. The molecular formula is C18H38N2. The van der Waals surface area contributed by atoms with E-state index in [1.807, 2.05) is 0 Å². The van der Waals surface area contributed by atoms with Crippen molar-refractivity contribution in [3.63, 3.8) is 0 Å². The highest BCUT2D eigenvalue weighted by atomic mass is 15.2. The van der Waals surface area contributed by atoms with Crippen LogP contribution in [0.3, 0.4) is 0 Å². The Morgan fingerprint density at radius 1 is 0.750 bits per heavy atom. The van der Waals surface area contributed by atoms with Gasteiger partial charge in [-0.15, -0.1) is 0 Å². The van der Waals surface area contributed by atoms with E-state index in [9.17, 15) is 0 Å². The maximum absolute atomic E-state index is 3.68. The summed E-state index contributed by atoms with van der Waals surface area (Å²) in [6, 6.07) is 0. The average molecular weight is 283 g/mol. The third-order valence-electron chi connectivity index (χ3n) is 4.97. The fourth-order valence-corrected chi connectivity index (χ4v) is 3.50. The second-order valence-corrected chi connectivity index (χ2v) is 6.97. The van der Waals surface area contributed by atoms with Gasteiger partial charge in [0.25, 0.3) is 0 Å². The Hall–Kier alpha value is -0.0800. The van der Waals surface area contributed by atoms with Crippen molar-refractivity contribution in [3.8, 4) is 0 Å². The molecule has 2 N–H and O–H groups in total. The van der Waals surface area contributed by atoms with Gasteiger partial charge in [-0.2, -0.15) is 0 Å². The summed E-state index contributed by atoms with van der Waals surface area (Å²) in [5, 5.41) is 7.36. The number of hydrogen-bond donors (Lipinski definition) is 2. The molecule has 120 valence electrons. The van der Waals surface area contributed by atoms with Crippen LogP contribution in [-0.2, 0) is 0 Å². The first kappa shape index (κ1) is 18.0. The van der Waals surface area contributed by atoms with Crippen molar-refractivity contribution in [2.45, 2.75) is 97.6 Å². The first-order valence-electron chi connectivity index (χ1n) is 9.19. The molecule has 0 aromatic carbocycles. The Labute approximate surface area is 127 Å². The summed E-state index contributed by atoms with van der Waals surface area (Å²) in [6.07, 6.45) is 15.9. The minimum absolute atomic E-state index is 0.455. The lowest BCUT2D eigenvalue weighted by Gasteiger charge is -2.36. The predicted octanol–water partition coefficient (Wildman–Crippen LogP) is 4.84. The van der Waals surface area contributed by atoms with Crippen molar-refractivity contribution >= 4 is 0 Å². The summed E-state index contributed by atoms with van der Waals surface area (Å²) in [4.78, 5) is 0. The zero-order valence-corrected chi connectivity index (χ0v) is 14.3. The second-order valence-electron chi connectivity index (χ2n) is 6.97. The van der Waals surface area contributed by atoms with Gasteiger partial charge in [-0.3, -0.25) is 0 Å². The minimum atomic E-state index is 0.455. The normalized spacial score (nSPS) is 19.4. The van der Waals surface area contributed by atoms with Crippen LogP contribution in [0.2, 0.25) is 0 Å². The molecule has 1 fully saturated rings. The SMILES string of the molecule is CCCCCCCC(C)(CCCCCC)C1NCCN1. The molecule has 0 aromatic rings. The highest BCUT2D eigenvalue weighted by Crippen LogP contribution is 2.34. The molecule has 0 bridgehead atoms. The van der Waals surface area contributed by atoms with E-state index < -0.39 is 0 Å². The molecule has 1 rings (SSSR count). The molecule has 1 heterocycles. The minimum Gasteiger partial charge on any atom is -0.300 e. The first-order chi connectivity index (χ1) is 9.73. The number of nitrogens with one attached hydrogen (secondary N) is 2. The predicted molar refractivity (Wildman–Crippen MR) is 90.0 cm³/mol. The topological polar surface area (TPSA) is 24.1 Å². The van der Waals surface area contributed by atoms with E-state index >= 15 is 0 Å². The smallest absolute Gasteiger partial charge is 0.0627 e. The summed E-state index contributed by atoms with van der Waals surface area (Å²) in [6.45, 7) is 9.39. The van der Waals surface area contributed by atoms with Crippen molar-refractivity contribution in [3.05, 3.63) is 0 Å². The third-order valence-corrected chi connectivity index (χ3v) is 4.97. The maximum Gasteiger partial charge on any atom is 0.0627 e. The standard InChI is InChI=1S/C18H38N2/c1-4-6-8-10-12-14-18(3,13-11-9-7-5-2)17-19-15-16-20-17/h17,19-20H,4-16H2,1-3H3. The Morgan fingerprint density at radius 2 is 1.20 bits per heavy atom. The molecule has 1 aliphatic heterocycles. The van der Waals surface area contributed by atoms with Crippen LogP contribution in [0.5, 0.6) is 0 Å². The molecule has 0 amide bonds. The van der Waals surface area contributed by atoms with Crippen LogP contribution >= 0.6 is 0 Å². The summed E-state index contributed by atoms with van der Waals surface area (Å²) < 4.78 is 0. The molecular weight excluding hydrogens is 244 g/mol. The number of hydrogen-bond acceptors (Lipinski definition) is 2. The van der Waals surface area contributed by atoms with Gasteiger partial charge < -0.3 is 10.6 Å². The van der Waals surface area contributed by atoms with E-state index in [1.165, 1.54) is 70.6 Å². The Balaban J connectivity index is 2.33. The molecule has 0 spiro atoms. The van der Waals surface area contributed by atoms with Gasteiger partial charge in [-0.1, -0.05) is 78.6 Å². The molecule has 20 heavy (non-hydrogen) atoms. The van der Waals surface area contributed by atoms with Gasteiger partial charge in [0.1, 0.15) is 0 Å². The van der Waals surface area contributed by atoms with Crippen LogP contribution in [0.15, 0.2) is 0 Å². The van der Waals surface area contributed by atoms with Crippen molar-refractivity contribution in [2.75, 3.05) is 13.1 Å². The summed E-state index contributed by atoms with van der Waals surface area (Å²) in [7, 11) is 0. The van der Waals surface area contributed by atoms with Gasteiger partial charge in [0.05, 0.1) is 6.17 Å². The molecule has 1 unspecified atom stereocenters. The molecule has 2 heteroatoms. The third kappa shape index (κ3) is 6.58. The van der Waals surface area contributed by atoms with Gasteiger partial charge in [0.2, 0.25) is 0 Å². The molecule has 1 aliphatic rings. The van der Waals surface area contributed by atoms with Crippen molar-refractivity contribution in [2.24, 2.45) is 5.41 Å². The van der Waals surface area contributed by atoms with E-state index in [2.05, 4.69) is 31.4 Å². The van der Waals surface area contributed by atoms with Crippen LogP contribution in [0, 0.1) is 5.41 Å². The van der Waals surface area contributed by atoms with E-state index in [0.29, 0.717) is 11.6 Å². The largest absolute Gasteiger partial charge is 0.300 e. The van der Waals surface area contributed by atoms with Gasteiger partial charge in [-0.05, 0) is 18.3 Å². The highest BCUT2D eigenvalue weighted by molar-refractivity contribution is 4.89. The van der Waals surface area contributed by atoms with Gasteiger partial charge in [0.15, 0.2) is 0 Å². The summed E-state index contributed by atoms with van der Waals surface area (Å²) >= 11 is 0. The van der Waals surface area contributed by atoms with Crippen molar-refractivity contribution in [1.82, 2.24) is 10.6 Å². The van der Waals surface area contributed by atoms with E-state index in [-0.39, 0.29) is 0 Å². The van der Waals surface area contributed by atoms with Crippen LogP contribution in [-0.4, -0.2) is 19.3 Å². The summed E-state index contributed by atoms with van der Waals surface area (Å²) in [5.41, 5.74) is 0.455. The highest BCUT2D eigenvalue weighted by Gasteiger charge is 2.34. The molecule has 2 nitrogen and oxygen atoms in total. The number of unbranched alkanes of at least 4 members (excludes halogenated alkanes) is 7. The van der Waals surface area contributed by atoms with Gasteiger partial charge in [-0.25, -0.2) is 0 Å².